The molecule has 0 aromatic rings. The fourth-order valence-corrected chi connectivity index (χ4v) is 1.47. The van der Waals surface area contributed by atoms with Gasteiger partial charge in [0.1, 0.15) is 0 Å². The molecule has 0 saturated carbocycles. The van der Waals surface area contributed by atoms with Gasteiger partial charge in [-0.25, -0.2) is 0 Å². The maximum Gasteiger partial charge on any atom is 0.180 e. The maximum absolute atomic E-state index is 8.86. The van der Waals surface area contributed by atoms with Gasteiger partial charge in [0.2, 0.25) is 0 Å². The molecule has 72 valence electrons. The van der Waals surface area contributed by atoms with E-state index in [1.54, 1.807) is 14.2 Å². The van der Waals surface area contributed by atoms with Crippen LogP contribution in [-0.4, -0.2) is 44.3 Å². The quantitative estimate of drug-likeness (QED) is 0.579. The van der Waals surface area contributed by atoms with E-state index in [-0.39, 0.29) is 12.6 Å². The third-order valence-electron chi connectivity index (χ3n) is 2.50. The second-order valence-corrected chi connectivity index (χ2v) is 3.12. The molecule has 0 radical (unpaired) electrons. The van der Waals surface area contributed by atoms with Crippen molar-refractivity contribution in [2.24, 2.45) is 0 Å². The highest BCUT2D eigenvalue weighted by Gasteiger charge is 2.34. The molecule has 1 atom stereocenters. The standard InChI is InChI=1S/C8H17NO3/c1-11-8(12-2)4-3-7(5-10)9-6-8/h7,9-10H,3-6H2,1-2H3. The summed E-state index contributed by atoms with van der Waals surface area (Å²) in [6, 6.07) is 0.198. The van der Waals surface area contributed by atoms with E-state index in [2.05, 4.69) is 5.32 Å². The second-order valence-electron chi connectivity index (χ2n) is 3.12. The summed E-state index contributed by atoms with van der Waals surface area (Å²) in [4.78, 5) is 0. The minimum Gasteiger partial charge on any atom is -0.395 e. The van der Waals surface area contributed by atoms with E-state index in [1.165, 1.54) is 0 Å². The van der Waals surface area contributed by atoms with Crippen molar-refractivity contribution in [3.63, 3.8) is 0 Å². The molecule has 0 aliphatic carbocycles. The van der Waals surface area contributed by atoms with Gasteiger partial charge in [0.15, 0.2) is 5.79 Å². The van der Waals surface area contributed by atoms with Crippen LogP contribution in [0.4, 0.5) is 0 Å². The van der Waals surface area contributed by atoms with Crippen LogP contribution in [0, 0.1) is 0 Å². The fourth-order valence-electron chi connectivity index (χ4n) is 1.47. The molecule has 4 heteroatoms. The molecule has 2 N–H and O–H groups in total. The van der Waals surface area contributed by atoms with Crippen molar-refractivity contribution in [1.29, 1.82) is 0 Å². The summed E-state index contributed by atoms with van der Waals surface area (Å²) in [5.74, 6) is -0.480. The van der Waals surface area contributed by atoms with Crippen molar-refractivity contribution in [2.75, 3.05) is 27.4 Å². The van der Waals surface area contributed by atoms with Gasteiger partial charge in [-0.2, -0.15) is 0 Å². The van der Waals surface area contributed by atoms with E-state index in [4.69, 9.17) is 14.6 Å². The molecule has 0 bridgehead atoms. The monoisotopic (exact) mass is 175 g/mol. The predicted octanol–water partition coefficient (Wildman–Crippen LogP) is -0.280. The topological polar surface area (TPSA) is 50.7 Å². The van der Waals surface area contributed by atoms with Gasteiger partial charge in [0, 0.05) is 26.7 Å². The minimum absolute atomic E-state index is 0.184. The molecule has 1 rings (SSSR count). The van der Waals surface area contributed by atoms with Gasteiger partial charge in [0.25, 0.3) is 0 Å². The highest BCUT2D eigenvalue weighted by atomic mass is 16.7. The van der Waals surface area contributed by atoms with Crippen molar-refractivity contribution in [2.45, 2.75) is 24.7 Å². The van der Waals surface area contributed by atoms with E-state index < -0.39 is 5.79 Å². The van der Waals surface area contributed by atoms with Crippen LogP contribution >= 0.6 is 0 Å². The Bertz CT molecular complexity index is 126. The smallest absolute Gasteiger partial charge is 0.180 e. The summed E-state index contributed by atoms with van der Waals surface area (Å²) in [6.45, 7) is 0.828. The van der Waals surface area contributed by atoms with Crippen LogP contribution in [0.25, 0.3) is 0 Å². The Labute approximate surface area is 72.9 Å². The van der Waals surface area contributed by atoms with Crippen LogP contribution < -0.4 is 5.32 Å². The second kappa shape index (κ2) is 4.18. The first-order chi connectivity index (χ1) is 5.76. The third kappa shape index (κ3) is 1.95. The van der Waals surface area contributed by atoms with E-state index in [1.807, 2.05) is 0 Å². The van der Waals surface area contributed by atoms with Crippen molar-refractivity contribution >= 4 is 0 Å². The molecule has 1 saturated heterocycles. The van der Waals surface area contributed by atoms with Crippen LogP contribution in [0.3, 0.4) is 0 Å². The molecule has 1 heterocycles. The van der Waals surface area contributed by atoms with Gasteiger partial charge in [-0.15, -0.1) is 0 Å². The van der Waals surface area contributed by atoms with Crippen LogP contribution in [0.1, 0.15) is 12.8 Å². The summed E-state index contributed by atoms with van der Waals surface area (Å²) in [6.07, 6.45) is 1.72. The third-order valence-corrected chi connectivity index (χ3v) is 2.50. The Morgan fingerprint density at radius 1 is 1.50 bits per heavy atom. The molecule has 12 heavy (non-hydrogen) atoms. The molecular formula is C8H17NO3. The fraction of sp³-hybridized carbons (Fsp3) is 1.00. The minimum atomic E-state index is -0.480. The van der Waals surface area contributed by atoms with Crippen molar-refractivity contribution in [1.82, 2.24) is 5.32 Å². The number of nitrogens with one attached hydrogen (secondary N) is 1. The Kier molecular flexibility index (Phi) is 3.46. The number of aliphatic hydroxyl groups excluding tert-OH is 1. The van der Waals surface area contributed by atoms with Crippen molar-refractivity contribution in [3.8, 4) is 0 Å². The van der Waals surface area contributed by atoms with Crippen LogP contribution in [0.5, 0.6) is 0 Å². The lowest BCUT2D eigenvalue weighted by Crippen LogP contribution is -2.53. The summed E-state index contributed by atoms with van der Waals surface area (Å²) >= 11 is 0. The number of ether oxygens (including phenoxy) is 2. The van der Waals surface area contributed by atoms with Crippen molar-refractivity contribution < 1.29 is 14.6 Å². The molecule has 0 spiro atoms. The summed E-state index contributed by atoms with van der Waals surface area (Å²) < 4.78 is 10.5. The Morgan fingerprint density at radius 3 is 2.50 bits per heavy atom. The van der Waals surface area contributed by atoms with E-state index >= 15 is 0 Å². The van der Waals surface area contributed by atoms with Crippen molar-refractivity contribution in [3.05, 3.63) is 0 Å². The summed E-state index contributed by atoms with van der Waals surface area (Å²) in [5.41, 5.74) is 0. The SMILES string of the molecule is COC1(OC)CCC(CO)NC1. The van der Waals surface area contributed by atoms with E-state index in [0.717, 1.165) is 12.8 Å². The molecule has 0 aromatic heterocycles. The van der Waals surface area contributed by atoms with E-state index in [9.17, 15) is 0 Å². The zero-order chi connectivity index (χ0) is 9.03. The van der Waals surface area contributed by atoms with Gasteiger partial charge in [-0.3, -0.25) is 0 Å². The van der Waals surface area contributed by atoms with Crippen LogP contribution in [0.2, 0.25) is 0 Å². The number of methoxy groups -OCH3 is 2. The highest BCUT2D eigenvalue weighted by molar-refractivity contribution is 4.83. The molecule has 1 unspecified atom stereocenters. The molecule has 0 aromatic carbocycles. The molecule has 1 aliphatic heterocycles. The highest BCUT2D eigenvalue weighted by Crippen LogP contribution is 2.22. The normalized spacial score (nSPS) is 28.8. The molecule has 4 nitrogen and oxygen atoms in total. The molecule has 0 amide bonds. The molecule has 1 fully saturated rings. The predicted molar refractivity (Wildman–Crippen MR) is 44.9 cm³/mol. The van der Waals surface area contributed by atoms with Crippen LogP contribution in [-0.2, 0) is 9.47 Å². The zero-order valence-electron chi connectivity index (χ0n) is 7.67. The molecule has 1 aliphatic rings. The van der Waals surface area contributed by atoms with Gasteiger partial charge in [-0.05, 0) is 6.42 Å². The maximum atomic E-state index is 8.86. The lowest BCUT2D eigenvalue weighted by molar-refractivity contribution is -0.218. The average Bonchev–Trinajstić information content (AvgIpc) is 2.18. The van der Waals surface area contributed by atoms with Gasteiger partial charge >= 0.3 is 0 Å². The number of hydrogen-bond donors (Lipinski definition) is 2. The number of piperidine rings is 1. The Hall–Kier alpha value is -0.160. The van der Waals surface area contributed by atoms with Gasteiger partial charge < -0.3 is 19.9 Å². The summed E-state index contributed by atoms with van der Waals surface area (Å²) in [7, 11) is 3.29. The van der Waals surface area contributed by atoms with E-state index in [0.29, 0.717) is 6.54 Å². The molecular weight excluding hydrogens is 158 g/mol. The van der Waals surface area contributed by atoms with Crippen LogP contribution in [0.15, 0.2) is 0 Å². The first-order valence-corrected chi connectivity index (χ1v) is 4.21. The lowest BCUT2D eigenvalue weighted by Gasteiger charge is -2.37. The first-order valence-electron chi connectivity index (χ1n) is 4.21. The zero-order valence-corrected chi connectivity index (χ0v) is 7.67. The average molecular weight is 175 g/mol. The largest absolute Gasteiger partial charge is 0.395 e. The number of rotatable bonds is 3. The number of hydrogen-bond acceptors (Lipinski definition) is 4. The Balaban J connectivity index is 2.42. The summed E-state index contributed by atoms with van der Waals surface area (Å²) in [5, 5.41) is 12.0. The van der Waals surface area contributed by atoms with Gasteiger partial charge in [0.05, 0.1) is 13.2 Å². The lowest BCUT2D eigenvalue weighted by atomic mass is 10.0. The first kappa shape index (κ1) is 9.92. The number of aliphatic hydroxyl groups is 1. The van der Waals surface area contributed by atoms with Gasteiger partial charge in [-0.1, -0.05) is 0 Å². The Morgan fingerprint density at radius 2 is 2.17 bits per heavy atom.